The smallest absolute Gasteiger partial charge is 0.744 e. The van der Waals surface area contributed by atoms with E-state index in [1.807, 2.05) is 0 Å². The van der Waals surface area contributed by atoms with Crippen molar-refractivity contribution in [3.8, 4) is 17.2 Å². The minimum absolute atomic E-state index is 0. The number of sulfone groups is 1. The zero-order valence-corrected chi connectivity index (χ0v) is 57.8. The molecule has 2 heterocycles. The van der Waals surface area contributed by atoms with E-state index in [-0.39, 0.29) is 169 Å². The van der Waals surface area contributed by atoms with Gasteiger partial charge in [-0.1, -0.05) is 6.58 Å². The molecular formula is C44H32ClFN14Na4O17S5. The molecule has 1 atom stereocenters. The van der Waals surface area contributed by atoms with Crippen molar-refractivity contribution in [1.82, 2.24) is 29.9 Å². The van der Waals surface area contributed by atoms with Crippen LogP contribution in [0.25, 0.3) is 21.5 Å². The van der Waals surface area contributed by atoms with E-state index < -0.39 is 144 Å². The van der Waals surface area contributed by atoms with Crippen molar-refractivity contribution in [2.45, 2.75) is 37.4 Å². The second-order valence-electron chi connectivity index (χ2n) is 16.6. The van der Waals surface area contributed by atoms with Gasteiger partial charge in [0.15, 0.2) is 21.3 Å². The molecule has 8 aromatic rings. The Morgan fingerprint density at radius 1 is 0.628 bits per heavy atom. The van der Waals surface area contributed by atoms with E-state index in [2.05, 4.69) is 78.2 Å². The predicted molar refractivity (Wildman–Crippen MR) is 281 cm³/mol. The number of aromatic hydroxyl groups is 2. The number of phenols is 2. The van der Waals surface area contributed by atoms with Crippen molar-refractivity contribution in [1.29, 1.82) is 0 Å². The van der Waals surface area contributed by atoms with Crippen LogP contribution in [0.3, 0.4) is 0 Å². The third kappa shape index (κ3) is 17.8. The number of methoxy groups -OCH3 is 1. The molecule has 86 heavy (non-hydrogen) atoms. The molecule has 0 saturated heterocycles. The van der Waals surface area contributed by atoms with Crippen molar-refractivity contribution in [2.24, 2.45) is 20.5 Å². The van der Waals surface area contributed by atoms with Gasteiger partial charge in [0.25, 0.3) is 0 Å². The van der Waals surface area contributed by atoms with Crippen molar-refractivity contribution in [3.05, 3.63) is 108 Å². The summed E-state index contributed by atoms with van der Waals surface area (Å²) in [5, 5.41) is 47.4. The van der Waals surface area contributed by atoms with Crippen LogP contribution in [0.4, 0.5) is 62.3 Å². The maximum Gasteiger partial charge on any atom is 1.00 e. The van der Waals surface area contributed by atoms with Crippen LogP contribution in [-0.4, -0.2) is 120 Å². The number of benzene rings is 6. The number of ether oxygens (including phenoxy) is 1. The fraction of sp³-hybridized carbons (Fsp3) is 0.0909. The van der Waals surface area contributed by atoms with E-state index in [1.165, 1.54) is 31.4 Å². The van der Waals surface area contributed by atoms with Crippen molar-refractivity contribution < 1.29 is 198 Å². The number of aromatic nitrogens is 6. The van der Waals surface area contributed by atoms with Crippen LogP contribution < -0.4 is 144 Å². The number of rotatable bonds is 20. The minimum atomic E-state index is -5.54. The molecule has 0 fully saturated rings. The van der Waals surface area contributed by atoms with Gasteiger partial charge in [0.1, 0.15) is 63.3 Å². The van der Waals surface area contributed by atoms with Gasteiger partial charge < -0.3 is 54.4 Å². The molecule has 0 aliphatic heterocycles. The number of hydrogen-bond acceptors (Lipinski definition) is 31. The van der Waals surface area contributed by atoms with Gasteiger partial charge in [-0.15, -0.1) is 15.3 Å². The third-order valence-electron chi connectivity index (χ3n) is 11.0. The SMILES string of the molecule is C=CS(=O)(=O)c1ccc(N=Nc2c(S(=O)(=O)[O-])cc3cc(S(=O)(=O)[O-])cc(Nc4nc(Cl)nc(NC(C)CNc5nc(F)nc(Nc6ccc7c(O)c(N=Nc8ccc(OC)cc8S(=O)(=O)[O-])c(S(=O)(=O)[O-])cc7c6)n5)n4)c3c2O)cc1.[Na+].[Na+].[Na+].[Na+]. The molecule has 1 unspecified atom stereocenters. The van der Waals surface area contributed by atoms with E-state index >= 15 is 0 Å². The Bertz CT molecular complexity index is 4630. The van der Waals surface area contributed by atoms with E-state index in [4.69, 9.17) is 16.3 Å². The molecule has 2 aromatic heterocycles. The molecule has 6 N–H and O–H groups in total. The fourth-order valence-electron chi connectivity index (χ4n) is 7.34. The van der Waals surface area contributed by atoms with Crippen LogP contribution in [0.15, 0.2) is 142 Å². The van der Waals surface area contributed by atoms with Crippen LogP contribution in [-0.2, 0) is 50.3 Å². The molecule has 0 aliphatic rings. The monoisotopic (exact) mass is 1330 g/mol. The second kappa shape index (κ2) is 29.2. The quantitative estimate of drug-likeness (QED) is 0.0235. The van der Waals surface area contributed by atoms with Crippen LogP contribution in [0.1, 0.15) is 6.92 Å². The van der Waals surface area contributed by atoms with Crippen LogP contribution >= 0.6 is 11.6 Å². The first-order valence-electron chi connectivity index (χ1n) is 22.1. The fourth-order valence-corrected chi connectivity index (χ4v) is 10.7. The van der Waals surface area contributed by atoms with Crippen LogP contribution in [0, 0.1) is 6.08 Å². The molecule has 6 aromatic carbocycles. The average molecular weight is 1340 g/mol. The number of anilines is 6. The number of nitrogens with zero attached hydrogens (tertiary/aromatic N) is 10. The van der Waals surface area contributed by atoms with Gasteiger partial charge in [-0.05, 0) is 114 Å². The standard InChI is InChI=1S/C44H36ClFN14O17S5.4Na/c1-4-78(63,64)26-9-5-23(6-10-26)57-59-36-33(82(74,75)76)16-22-14-27(79(65,66)67)18-30(34(22)38(36)62)50-44-52-39(45)51-42(56-44)48-20(2)19-47-41-53-40(46)54-43(55-41)49-24-7-11-28-21(13-24)15-32(81(71,72)73)35(37(28)61)60-58-29-12-8-25(77-3)17-31(29)80(68,69)70;;;;/h4-18,20,61-62H,1,19H2,2-3H3,(H,65,66,67)(H,68,69,70)(H,71,72,73)(H,74,75,76)(H2,47,49,53,54,55)(H2,48,50,51,52,56);;;;/q;4*+1/p-4. The van der Waals surface area contributed by atoms with Crippen molar-refractivity contribution in [3.63, 3.8) is 0 Å². The Kier molecular flexibility index (Phi) is 25.0. The zero-order chi connectivity index (χ0) is 59.9. The van der Waals surface area contributed by atoms with Gasteiger partial charge in [0.2, 0.25) is 29.1 Å². The molecule has 0 radical (unpaired) electrons. The van der Waals surface area contributed by atoms with Crippen LogP contribution in [0.5, 0.6) is 17.2 Å². The average Bonchev–Trinajstić information content (AvgIpc) is 0.828. The summed E-state index contributed by atoms with van der Waals surface area (Å²) in [7, 11) is -24.2. The topological polar surface area (TPSA) is 488 Å². The first-order chi connectivity index (χ1) is 38.3. The summed E-state index contributed by atoms with van der Waals surface area (Å²) in [6.45, 7) is 4.64. The number of azo groups is 2. The van der Waals surface area contributed by atoms with E-state index in [0.29, 0.717) is 17.5 Å². The summed E-state index contributed by atoms with van der Waals surface area (Å²) in [4.78, 5) is 19.0. The molecule has 8 rings (SSSR count). The third-order valence-corrected chi connectivity index (χ3v) is 15.9. The van der Waals surface area contributed by atoms with Crippen molar-refractivity contribution in [2.75, 3.05) is 34.9 Å². The van der Waals surface area contributed by atoms with Gasteiger partial charge in [0.05, 0.1) is 43.0 Å². The molecular weight excluding hydrogens is 1300 g/mol. The molecule has 42 heteroatoms. The minimum Gasteiger partial charge on any atom is -0.744 e. The molecule has 0 saturated carbocycles. The van der Waals surface area contributed by atoms with Gasteiger partial charge in [-0.2, -0.15) is 39.4 Å². The maximum absolute atomic E-state index is 14.8. The molecule has 428 valence electrons. The summed E-state index contributed by atoms with van der Waals surface area (Å²) >= 11 is 6.21. The van der Waals surface area contributed by atoms with Gasteiger partial charge in [0, 0.05) is 34.5 Å². The Hall–Kier alpha value is -4.79. The van der Waals surface area contributed by atoms with Crippen LogP contribution in [0.2, 0.25) is 5.28 Å². The summed E-state index contributed by atoms with van der Waals surface area (Å²) in [5.41, 5.74) is -2.97. The van der Waals surface area contributed by atoms with Gasteiger partial charge >= 0.3 is 124 Å². The summed E-state index contributed by atoms with van der Waals surface area (Å²) < 4.78 is 191. The van der Waals surface area contributed by atoms with Crippen molar-refractivity contribution >= 4 is 141 Å². The number of fused-ring (bicyclic) bond motifs is 2. The number of phenolic OH excluding ortho intramolecular Hbond substituents is 2. The zero-order valence-electron chi connectivity index (χ0n) is 44.9. The van der Waals surface area contributed by atoms with E-state index in [9.17, 15) is 74.9 Å². The normalized spacial score (nSPS) is 12.3. The summed E-state index contributed by atoms with van der Waals surface area (Å²) in [5.74, 6) is -3.58. The largest absolute Gasteiger partial charge is 1.00 e. The summed E-state index contributed by atoms with van der Waals surface area (Å²) in [6, 6.07) is 13.4. The van der Waals surface area contributed by atoms with E-state index in [1.54, 1.807) is 6.92 Å². The Morgan fingerprint density at radius 2 is 1.20 bits per heavy atom. The summed E-state index contributed by atoms with van der Waals surface area (Å²) in [6.07, 6.45) is -1.30. The molecule has 0 amide bonds. The Balaban J connectivity index is 0.00000396. The Labute approximate surface area is 580 Å². The number of hydrogen-bond donors (Lipinski definition) is 6. The number of nitrogens with one attached hydrogen (secondary N) is 4. The molecule has 0 bridgehead atoms. The first-order valence-corrected chi connectivity index (χ1v) is 29.7. The van der Waals surface area contributed by atoms with Gasteiger partial charge in [-0.25, -0.2) is 42.1 Å². The first kappa shape index (κ1) is 73.7. The molecule has 0 spiro atoms. The maximum atomic E-state index is 14.8. The molecule has 31 nitrogen and oxygen atoms in total. The molecule has 0 aliphatic carbocycles. The van der Waals surface area contributed by atoms with Gasteiger partial charge in [-0.3, -0.25) is 0 Å². The number of halogens is 2. The van der Waals surface area contributed by atoms with E-state index in [0.717, 1.165) is 48.5 Å². The predicted octanol–water partition coefficient (Wildman–Crippen LogP) is -5.64. The Morgan fingerprint density at radius 3 is 1.80 bits per heavy atom. The second-order valence-corrected chi connectivity index (χ2v) is 24.2.